The molecule has 4 heterocycles. The first-order valence-corrected chi connectivity index (χ1v) is 13.5. The van der Waals surface area contributed by atoms with Crippen molar-refractivity contribution in [2.75, 3.05) is 33.4 Å². The van der Waals surface area contributed by atoms with E-state index in [1.165, 1.54) is 0 Å². The van der Waals surface area contributed by atoms with Crippen LogP contribution in [0, 0.1) is 17.8 Å². The van der Waals surface area contributed by atoms with Crippen molar-refractivity contribution in [1.29, 1.82) is 0 Å². The van der Waals surface area contributed by atoms with Gasteiger partial charge in [-0.2, -0.15) is 0 Å². The number of nitrogens with zero attached hydrogens (tertiary/aromatic N) is 2. The predicted molar refractivity (Wildman–Crippen MR) is 127 cm³/mol. The van der Waals surface area contributed by atoms with Gasteiger partial charge < -0.3 is 25.4 Å². The molecule has 1 aliphatic carbocycles. The summed E-state index contributed by atoms with van der Waals surface area (Å²) in [6.07, 6.45) is 10.1. The number of nitrogens with one attached hydrogen (secondary N) is 2. The zero-order chi connectivity index (χ0) is 23.7. The number of carbonyl (C=O) groups is 2. The number of amides is 2. The second-order valence-electron chi connectivity index (χ2n) is 11.0. The first kappa shape index (κ1) is 24.4. The third-order valence-corrected chi connectivity index (χ3v) is 8.97. The normalized spacial score (nSPS) is 41.1. The van der Waals surface area contributed by atoms with E-state index in [0.717, 1.165) is 77.5 Å². The van der Waals surface area contributed by atoms with Crippen LogP contribution in [-0.2, 0) is 19.1 Å². The number of rotatable bonds is 6. The lowest BCUT2D eigenvalue weighted by atomic mass is 9.79. The van der Waals surface area contributed by atoms with Crippen molar-refractivity contribution in [2.45, 2.75) is 94.9 Å². The third kappa shape index (κ3) is 5.00. The number of hydrogen-bond acceptors (Lipinski definition) is 7. The van der Waals surface area contributed by atoms with E-state index in [0.29, 0.717) is 25.0 Å². The molecule has 9 nitrogen and oxygen atoms in total. The number of fused-ring (bicyclic) bond motifs is 2. The molecule has 4 N–H and O–H groups in total. The van der Waals surface area contributed by atoms with Gasteiger partial charge in [0.15, 0.2) is 0 Å². The van der Waals surface area contributed by atoms with E-state index in [1.807, 2.05) is 4.90 Å². The minimum Gasteiger partial charge on any atom is -0.381 e. The van der Waals surface area contributed by atoms with Gasteiger partial charge in [-0.3, -0.25) is 19.8 Å². The van der Waals surface area contributed by atoms with Crippen LogP contribution in [0.15, 0.2) is 0 Å². The van der Waals surface area contributed by atoms with E-state index in [4.69, 9.17) is 15.2 Å². The van der Waals surface area contributed by atoms with Gasteiger partial charge >= 0.3 is 0 Å². The SMILES string of the molecule is COC1CCC(CN2C(N)C(C(=O)NC[C@@H]3CCCO3)CC3C(=O)N4CCCCC4NC32)CC1. The molecular weight excluding hydrogens is 434 g/mol. The van der Waals surface area contributed by atoms with Gasteiger partial charge in [-0.1, -0.05) is 0 Å². The predicted octanol–water partition coefficient (Wildman–Crippen LogP) is 0.978. The highest BCUT2D eigenvalue weighted by molar-refractivity contribution is 5.84. The molecular formula is C25H43N5O4. The van der Waals surface area contributed by atoms with Crippen molar-refractivity contribution < 1.29 is 19.1 Å². The van der Waals surface area contributed by atoms with Crippen molar-refractivity contribution in [3.8, 4) is 0 Å². The molecule has 0 aromatic carbocycles. The molecule has 9 heteroatoms. The molecule has 4 saturated heterocycles. The molecule has 0 aromatic rings. The van der Waals surface area contributed by atoms with Crippen molar-refractivity contribution in [1.82, 2.24) is 20.4 Å². The van der Waals surface area contributed by atoms with E-state index in [-0.39, 0.29) is 36.2 Å². The highest BCUT2D eigenvalue weighted by Crippen LogP contribution is 2.38. The number of carbonyl (C=O) groups excluding carboxylic acids is 2. The van der Waals surface area contributed by atoms with Gasteiger partial charge in [-0.15, -0.1) is 0 Å². The summed E-state index contributed by atoms with van der Waals surface area (Å²) in [6, 6.07) is 0. The average Bonchev–Trinajstić information content (AvgIpc) is 3.39. The summed E-state index contributed by atoms with van der Waals surface area (Å²) >= 11 is 0. The van der Waals surface area contributed by atoms with Crippen LogP contribution in [0.25, 0.3) is 0 Å². The molecule has 5 fully saturated rings. The summed E-state index contributed by atoms with van der Waals surface area (Å²) in [4.78, 5) is 31.2. The lowest BCUT2D eigenvalue weighted by Gasteiger charge is -2.55. The summed E-state index contributed by atoms with van der Waals surface area (Å²) in [5, 5.41) is 6.89. The van der Waals surface area contributed by atoms with Gasteiger partial charge in [0.05, 0.1) is 42.5 Å². The van der Waals surface area contributed by atoms with Crippen molar-refractivity contribution in [3.05, 3.63) is 0 Å². The Morgan fingerprint density at radius 3 is 2.74 bits per heavy atom. The number of methoxy groups -OCH3 is 1. The van der Waals surface area contributed by atoms with E-state index in [2.05, 4.69) is 15.5 Å². The first-order valence-electron chi connectivity index (χ1n) is 13.5. The smallest absolute Gasteiger partial charge is 0.229 e. The van der Waals surface area contributed by atoms with Crippen LogP contribution in [0.5, 0.6) is 0 Å². The van der Waals surface area contributed by atoms with Gasteiger partial charge in [0.2, 0.25) is 11.8 Å². The molecule has 1 saturated carbocycles. The van der Waals surface area contributed by atoms with Crippen LogP contribution in [-0.4, -0.2) is 85.7 Å². The largest absolute Gasteiger partial charge is 0.381 e. The zero-order valence-corrected chi connectivity index (χ0v) is 20.6. The molecule has 5 rings (SSSR count). The maximum absolute atomic E-state index is 13.6. The fraction of sp³-hybridized carbons (Fsp3) is 0.920. The molecule has 192 valence electrons. The van der Waals surface area contributed by atoms with Gasteiger partial charge in [0.1, 0.15) is 0 Å². The van der Waals surface area contributed by atoms with Crippen LogP contribution in [0.1, 0.15) is 64.2 Å². The fourth-order valence-corrected chi connectivity index (χ4v) is 6.91. The van der Waals surface area contributed by atoms with Crippen LogP contribution in [0.2, 0.25) is 0 Å². The second-order valence-corrected chi connectivity index (χ2v) is 11.0. The zero-order valence-electron chi connectivity index (χ0n) is 20.6. The quantitative estimate of drug-likeness (QED) is 0.523. The van der Waals surface area contributed by atoms with Crippen LogP contribution < -0.4 is 16.4 Å². The summed E-state index contributed by atoms with van der Waals surface area (Å²) in [6.45, 7) is 2.92. The topological polar surface area (TPSA) is 109 Å². The van der Waals surface area contributed by atoms with E-state index in [9.17, 15) is 9.59 Å². The lowest BCUT2D eigenvalue weighted by molar-refractivity contribution is -0.163. The highest BCUT2D eigenvalue weighted by Gasteiger charge is 2.52. The van der Waals surface area contributed by atoms with E-state index in [1.54, 1.807) is 7.11 Å². The molecule has 6 atom stereocenters. The monoisotopic (exact) mass is 477 g/mol. The molecule has 5 aliphatic rings. The maximum atomic E-state index is 13.6. The lowest BCUT2D eigenvalue weighted by Crippen LogP contribution is -2.75. The molecule has 0 radical (unpaired) electrons. The Morgan fingerprint density at radius 2 is 2.00 bits per heavy atom. The standard InChI is InChI=1S/C25H43N5O4/c1-33-17-9-7-16(8-10-17)15-30-22(26)19(24(31)27-14-18-5-4-12-34-18)13-20-23(30)28-21-6-2-3-11-29(21)25(20)32/h16-23,28H,2-15,26H2,1H3,(H,27,31)/t16?,17?,18-,19?,20?,21?,22?,23?/m0/s1. The number of nitrogens with two attached hydrogens (primary N) is 1. The Hall–Kier alpha value is -1.26. The summed E-state index contributed by atoms with van der Waals surface area (Å²) in [5.74, 6) is 0.0366. The molecule has 4 aliphatic heterocycles. The van der Waals surface area contributed by atoms with Crippen LogP contribution in [0.4, 0.5) is 0 Å². The van der Waals surface area contributed by atoms with Crippen molar-refractivity contribution in [3.63, 3.8) is 0 Å². The van der Waals surface area contributed by atoms with Gasteiger partial charge in [0, 0.05) is 33.4 Å². The maximum Gasteiger partial charge on any atom is 0.229 e. The Kier molecular flexibility index (Phi) is 7.75. The van der Waals surface area contributed by atoms with E-state index < -0.39 is 12.1 Å². The van der Waals surface area contributed by atoms with Crippen molar-refractivity contribution >= 4 is 11.8 Å². The molecule has 2 amide bonds. The Morgan fingerprint density at radius 1 is 1.18 bits per heavy atom. The summed E-state index contributed by atoms with van der Waals surface area (Å²) in [7, 11) is 1.80. The molecule has 0 spiro atoms. The Labute approximate surface area is 203 Å². The number of piperidine rings is 2. The van der Waals surface area contributed by atoms with E-state index >= 15 is 0 Å². The molecule has 0 bridgehead atoms. The molecule has 0 aromatic heterocycles. The molecule has 5 unspecified atom stereocenters. The first-order chi connectivity index (χ1) is 16.5. The third-order valence-electron chi connectivity index (χ3n) is 8.97. The van der Waals surface area contributed by atoms with Crippen molar-refractivity contribution in [2.24, 2.45) is 23.5 Å². The number of ether oxygens (including phenoxy) is 2. The highest BCUT2D eigenvalue weighted by atomic mass is 16.5. The molecule has 34 heavy (non-hydrogen) atoms. The average molecular weight is 478 g/mol. The number of likely N-dealkylation sites (tertiary alicyclic amines) is 1. The number of hydrogen-bond donors (Lipinski definition) is 3. The van der Waals surface area contributed by atoms with Crippen LogP contribution >= 0.6 is 0 Å². The van der Waals surface area contributed by atoms with Gasteiger partial charge in [-0.05, 0) is 70.1 Å². The minimum absolute atomic E-state index is 0.0388. The van der Waals surface area contributed by atoms with Gasteiger partial charge in [-0.25, -0.2) is 0 Å². The van der Waals surface area contributed by atoms with Crippen LogP contribution in [0.3, 0.4) is 0 Å². The minimum atomic E-state index is -0.402. The van der Waals surface area contributed by atoms with Gasteiger partial charge in [0.25, 0.3) is 0 Å². The fourth-order valence-electron chi connectivity index (χ4n) is 6.91. The Balaban J connectivity index is 1.31. The Bertz CT molecular complexity index is 724. The summed E-state index contributed by atoms with van der Waals surface area (Å²) < 4.78 is 11.2. The summed E-state index contributed by atoms with van der Waals surface area (Å²) in [5.41, 5.74) is 6.84. The second kappa shape index (κ2) is 10.8.